The van der Waals surface area contributed by atoms with E-state index < -0.39 is 11.7 Å². The highest BCUT2D eigenvalue weighted by atomic mass is 35.5. The Morgan fingerprint density at radius 3 is 2.84 bits per heavy atom. The second-order valence-electron chi connectivity index (χ2n) is 3.63. The number of aromatic nitrogens is 1. The van der Waals surface area contributed by atoms with Gasteiger partial charge >= 0.3 is 0 Å². The predicted octanol–water partition coefficient (Wildman–Crippen LogP) is 2.41. The number of hydrazine groups is 1. The number of nitrogens with two attached hydrogens (primary N) is 1. The molecule has 0 spiro atoms. The van der Waals surface area contributed by atoms with Crippen LogP contribution in [0.15, 0.2) is 36.4 Å². The summed E-state index contributed by atoms with van der Waals surface area (Å²) in [5.74, 6) is 4.54. The largest absolute Gasteiger partial charge is 0.319 e. The van der Waals surface area contributed by atoms with E-state index in [0.717, 1.165) is 6.07 Å². The summed E-state index contributed by atoms with van der Waals surface area (Å²) in [7, 11) is 0. The standard InChI is InChI=1S/C12H10ClFN4O/c13-8-5-4-7(14)6-10(8)17-12(19)9-2-1-3-11(16-9)18-15/h1-6H,15H2,(H,16,18)(H,17,19). The number of carbonyl (C=O) groups is 1. The van der Waals surface area contributed by atoms with Crippen LogP contribution in [-0.4, -0.2) is 10.9 Å². The van der Waals surface area contributed by atoms with Crippen molar-refractivity contribution in [3.63, 3.8) is 0 Å². The third-order valence-corrected chi connectivity index (χ3v) is 2.64. The van der Waals surface area contributed by atoms with Crippen LogP contribution in [0.25, 0.3) is 0 Å². The molecule has 5 nitrogen and oxygen atoms in total. The summed E-state index contributed by atoms with van der Waals surface area (Å²) in [5, 5.41) is 2.72. The number of benzene rings is 1. The van der Waals surface area contributed by atoms with Crippen LogP contribution in [0.5, 0.6) is 0 Å². The minimum atomic E-state index is -0.510. The van der Waals surface area contributed by atoms with Gasteiger partial charge in [0.1, 0.15) is 17.3 Å². The van der Waals surface area contributed by atoms with E-state index in [2.05, 4.69) is 15.7 Å². The van der Waals surface area contributed by atoms with Gasteiger partial charge in [0.2, 0.25) is 0 Å². The van der Waals surface area contributed by atoms with Crippen LogP contribution in [0.2, 0.25) is 5.02 Å². The molecule has 0 atom stereocenters. The van der Waals surface area contributed by atoms with Crippen LogP contribution >= 0.6 is 11.6 Å². The molecule has 0 aliphatic carbocycles. The molecule has 0 fully saturated rings. The molecule has 0 saturated carbocycles. The molecular formula is C12H10ClFN4O. The van der Waals surface area contributed by atoms with Crippen LogP contribution in [-0.2, 0) is 0 Å². The molecule has 4 N–H and O–H groups in total. The zero-order chi connectivity index (χ0) is 13.8. The van der Waals surface area contributed by atoms with Crippen LogP contribution in [0.1, 0.15) is 10.5 Å². The molecule has 19 heavy (non-hydrogen) atoms. The van der Waals surface area contributed by atoms with E-state index in [1.165, 1.54) is 18.2 Å². The fraction of sp³-hybridized carbons (Fsp3) is 0. The van der Waals surface area contributed by atoms with Crippen molar-refractivity contribution in [1.29, 1.82) is 0 Å². The number of anilines is 2. The lowest BCUT2D eigenvalue weighted by Gasteiger charge is -2.07. The molecule has 1 aromatic carbocycles. The van der Waals surface area contributed by atoms with E-state index in [1.807, 2.05) is 0 Å². The van der Waals surface area contributed by atoms with E-state index in [9.17, 15) is 9.18 Å². The first-order chi connectivity index (χ1) is 9.10. The number of halogens is 2. The third kappa shape index (κ3) is 3.18. The molecule has 0 aliphatic rings. The molecule has 0 aliphatic heterocycles. The molecule has 1 amide bonds. The summed E-state index contributed by atoms with van der Waals surface area (Å²) in [6.07, 6.45) is 0. The molecule has 7 heteroatoms. The maximum absolute atomic E-state index is 13.1. The van der Waals surface area contributed by atoms with Gasteiger partial charge in [-0.3, -0.25) is 4.79 Å². The molecular weight excluding hydrogens is 271 g/mol. The first-order valence-electron chi connectivity index (χ1n) is 5.30. The monoisotopic (exact) mass is 280 g/mol. The summed E-state index contributed by atoms with van der Waals surface area (Å²) >= 11 is 5.85. The van der Waals surface area contributed by atoms with Gasteiger partial charge in [-0.2, -0.15) is 0 Å². The Hall–Kier alpha value is -2.18. The van der Waals surface area contributed by atoms with Gasteiger partial charge in [0.05, 0.1) is 10.7 Å². The van der Waals surface area contributed by atoms with Crippen molar-refractivity contribution in [2.45, 2.75) is 0 Å². The van der Waals surface area contributed by atoms with Gasteiger partial charge in [-0.05, 0) is 30.3 Å². The highest BCUT2D eigenvalue weighted by Gasteiger charge is 2.11. The zero-order valence-corrected chi connectivity index (χ0v) is 10.4. The molecule has 1 aromatic heterocycles. The van der Waals surface area contributed by atoms with Gasteiger partial charge < -0.3 is 10.7 Å². The molecule has 98 valence electrons. The second-order valence-corrected chi connectivity index (χ2v) is 4.04. The highest BCUT2D eigenvalue weighted by Crippen LogP contribution is 2.22. The average molecular weight is 281 g/mol. The normalized spacial score (nSPS) is 10.1. The van der Waals surface area contributed by atoms with Gasteiger partial charge in [-0.15, -0.1) is 0 Å². The summed E-state index contributed by atoms with van der Waals surface area (Å²) in [4.78, 5) is 15.9. The molecule has 0 radical (unpaired) electrons. The summed E-state index contributed by atoms with van der Waals surface area (Å²) in [6.45, 7) is 0. The maximum Gasteiger partial charge on any atom is 0.274 e. The van der Waals surface area contributed by atoms with Gasteiger partial charge in [0.15, 0.2) is 0 Å². The fourth-order valence-electron chi connectivity index (χ4n) is 1.42. The molecule has 2 rings (SSSR count). The second kappa shape index (κ2) is 5.64. The molecule has 0 unspecified atom stereocenters. The van der Waals surface area contributed by atoms with Crippen LogP contribution in [0.4, 0.5) is 15.9 Å². The topological polar surface area (TPSA) is 80.0 Å². The van der Waals surface area contributed by atoms with Crippen molar-refractivity contribution in [1.82, 2.24) is 4.98 Å². The SMILES string of the molecule is NNc1cccc(C(=O)Nc2cc(F)ccc2Cl)n1. The number of nitrogens with one attached hydrogen (secondary N) is 2. The summed E-state index contributed by atoms with van der Waals surface area (Å²) in [6, 6.07) is 8.41. The van der Waals surface area contributed by atoms with E-state index in [0.29, 0.717) is 5.82 Å². The quantitative estimate of drug-likeness (QED) is 0.596. The Labute approximate surface area is 113 Å². The highest BCUT2D eigenvalue weighted by molar-refractivity contribution is 6.33. The van der Waals surface area contributed by atoms with Crippen molar-refractivity contribution in [3.05, 3.63) is 52.9 Å². The molecule has 0 bridgehead atoms. The van der Waals surface area contributed by atoms with Gasteiger partial charge in [0, 0.05) is 0 Å². The lowest BCUT2D eigenvalue weighted by atomic mass is 10.3. The van der Waals surface area contributed by atoms with E-state index in [4.69, 9.17) is 17.4 Å². The maximum atomic E-state index is 13.1. The van der Waals surface area contributed by atoms with Gasteiger partial charge in [0.25, 0.3) is 5.91 Å². The van der Waals surface area contributed by atoms with Crippen LogP contribution in [0.3, 0.4) is 0 Å². The Morgan fingerprint density at radius 2 is 2.11 bits per heavy atom. The number of nitrogens with zero attached hydrogens (tertiary/aromatic N) is 1. The lowest BCUT2D eigenvalue weighted by molar-refractivity contribution is 0.102. The molecule has 2 aromatic rings. The van der Waals surface area contributed by atoms with Gasteiger partial charge in [-0.25, -0.2) is 15.2 Å². The first kappa shape index (κ1) is 13.3. The van der Waals surface area contributed by atoms with Gasteiger partial charge in [-0.1, -0.05) is 17.7 Å². The number of hydrogen-bond acceptors (Lipinski definition) is 4. The minimum absolute atomic E-state index is 0.135. The number of rotatable bonds is 3. The summed E-state index contributed by atoms with van der Waals surface area (Å²) in [5.41, 5.74) is 2.64. The number of amides is 1. The predicted molar refractivity (Wildman–Crippen MR) is 71.4 cm³/mol. The van der Waals surface area contributed by atoms with Crippen molar-refractivity contribution >= 4 is 29.0 Å². The van der Waals surface area contributed by atoms with Crippen molar-refractivity contribution in [3.8, 4) is 0 Å². The summed E-state index contributed by atoms with van der Waals surface area (Å²) < 4.78 is 13.1. The number of nitrogen functional groups attached to an aromatic ring is 1. The molecule has 0 saturated heterocycles. The van der Waals surface area contributed by atoms with Crippen molar-refractivity contribution in [2.24, 2.45) is 5.84 Å². The number of pyridine rings is 1. The Morgan fingerprint density at radius 1 is 1.32 bits per heavy atom. The average Bonchev–Trinajstić information content (AvgIpc) is 2.43. The number of carbonyl (C=O) groups excluding carboxylic acids is 1. The van der Waals surface area contributed by atoms with Crippen LogP contribution in [0, 0.1) is 5.82 Å². The molecule has 1 heterocycles. The Bertz CT molecular complexity index is 620. The first-order valence-corrected chi connectivity index (χ1v) is 5.68. The van der Waals surface area contributed by atoms with E-state index in [-0.39, 0.29) is 16.4 Å². The van der Waals surface area contributed by atoms with E-state index in [1.54, 1.807) is 12.1 Å². The van der Waals surface area contributed by atoms with E-state index >= 15 is 0 Å². The Balaban J connectivity index is 2.22. The van der Waals surface area contributed by atoms with Crippen LogP contribution < -0.4 is 16.6 Å². The lowest BCUT2D eigenvalue weighted by Crippen LogP contribution is -2.16. The minimum Gasteiger partial charge on any atom is -0.319 e. The number of hydrogen-bond donors (Lipinski definition) is 3. The smallest absolute Gasteiger partial charge is 0.274 e. The third-order valence-electron chi connectivity index (χ3n) is 2.31. The zero-order valence-electron chi connectivity index (χ0n) is 9.65. The van der Waals surface area contributed by atoms with Crippen molar-refractivity contribution in [2.75, 3.05) is 10.7 Å². The fourth-order valence-corrected chi connectivity index (χ4v) is 1.59. The van der Waals surface area contributed by atoms with Crippen molar-refractivity contribution < 1.29 is 9.18 Å². The Kier molecular flexibility index (Phi) is 3.94.